The summed E-state index contributed by atoms with van der Waals surface area (Å²) < 4.78 is 2.50. The predicted molar refractivity (Wildman–Crippen MR) is 368 cm³/mol. The Morgan fingerprint density at radius 2 is 0.835 bits per heavy atom. The number of fused-ring (bicyclic) bond motifs is 15. The molecular formula is C81H76BN3. The minimum absolute atomic E-state index is 0.0797. The van der Waals surface area contributed by atoms with Crippen molar-refractivity contribution in [2.24, 2.45) is 0 Å². The van der Waals surface area contributed by atoms with Crippen molar-refractivity contribution in [1.29, 1.82) is 0 Å². The monoisotopic (exact) mass is 1100 g/mol. The minimum atomic E-state index is -0.154. The quantitative estimate of drug-likeness (QED) is 0.163. The number of aromatic nitrogens is 1. The molecule has 0 spiro atoms. The summed E-state index contributed by atoms with van der Waals surface area (Å²) in [7, 11) is 0. The second-order valence-electron chi connectivity index (χ2n) is 29.5. The Labute approximate surface area is 503 Å². The zero-order valence-corrected chi connectivity index (χ0v) is 52.0. The van der Waals surface area contributed by atoms with Crippen molar-refractivity contribution in [2.45, 2.75) is 124 Å². The molecule has 2 aliphatic heterocycles. The second kappa shape index (κ2) is 18.2. The zero-order valence-electron chi connectivity index (χ0n) is 52.0. The molecule has 0 saturated heterocycles. The molecule has 418 valence electrons. The van der Waals surface area contributed by atoms with Crippen molar-refractivity contribution in [3.05, 3.63) is 240 Å². The molecule has 3 aliphatic rings. The molecule has 0 saturated carbocycles. The minimum Gasteiger partial charge on any atom is -0.311 e. The molecule has 1 aliphatic carbocycles. The third-order valence-corrected chi connectivity index (χ3v) is 19.5. The van der Waals surface area contributed by atoms with Crippen LogP contribution in [0.1, 0.15) is 130 Å². The summed E-state index contributed by atoms with van der Waals surface area (Å²) in [4.78, 5) is 5.39. The standard InChI is InChI=1S/C81H76BN3/c1-77(2,3)53-43-54(78(4,5)6)46-58(45-53)84-70-41-52(51-34-38-68-63(40-51)73-69(83(68)57-26-16-15-17-27-57)39-35-65-72(73)62-30-22-23-31-64(62)81(65,13)14)42-71-74(70)82(66-36-32-49-24-18-20-28-60(49)75(66)84)67-37-33-50-25-19-21-29-61(50)76(67)85(71)59-47-55(79(7,8)9)44-56(48-59)80(10,11)12/h15-48H,1-14H3. The maximum absolute atomic E-state index is 2.70. The maximum atomic E-state index is 2.70. The lowest BCUT2D eigenvalue weighted by atomic mass is 9.33. The molecule has 0 amide bonds. The van der Waals surface area contributed by atoms with E-state index in [0.717, 1.165) is 5.69 Å². The highest BCUT2D eigenvalue weighted by Crippen LogP contribution is 2.55. The van der Waals surface area contributed by atoms with Gasteiger partial charge in [-0.3, -0.25) is 0 Å². The fraction of sp³-hybridized carbons (Fsp3) is 0.235. The van der Waals surface area contributed by atoms with Crippen molar-refractivity contribution in [3.8, 4) is 27.9 Å². The molecule has 0 radical (unpaired) electrons. The topological polar surface area (TPSA) is 11.4 Å². The average molecular weight is 1100 g/mol. The van der Waals surface area contributed by atoms with Crippen molar-refractivity contribution < 1.29 is 0 Å². The molecule has 0 unspecified atom stereocenters. The molecule has 0 atom stereocenters. The second-order valence-corrected chi connectivity index (χ2v) is 29.5. The van der Waals surface area contributed by atoms with Crippen LogP contribution in [0.15, 0.2) is 206 Å². The van der Waals surface area contributed by atoms with Crippen LogP contribution < -0.4 is 26.2 Å². The number of nitrogens with zero attached hydrogens (tertiary/aromatic N) is 3. The number of para-hydroxylation sites is 1. The maximum Gasteiger partial charge on any atom is 0.252 e. The van der Waals surface area contributed by atoms with Gasteiger partial charge in [-0.2, -0.15) is 0 Å². The molecule has 15 rings (SSSR count). The Kier molecular flexibility index (Phi) is 11.4. The van der Waals surface area contributed by atoms with E-state index < -0.39 is 0 Å². The predicted octanol–water partition coefficient (Wildman–Crippen LogP) is 20.3. The first kappa shape index (κ1) is 53.2. The Morgan fingerprint density at radius 3 is 1.35 bits per heavy atom. The summed E-state index contributed by atoms with van der Waals surface area (Å²) in [6, 6.07) is 80.3. The fourth-order valence-corrected chi connectivity index (χ4v) is 14.8. The summed E-state index contributed by atoms with van der Waals surface area (Å²) in [6.07, 6.45) is 0. The van der Waals surface area contributed by atoms with Crippen LogP contribution in [0.2, 0.25) is 0 Å². The van der Waals surface area contributed by atoms with Gasteiger partial charge in [0.1, 0.15) is 0 Å². The summed E-state index contributed by atoms with van der Waals surface area (Å²) in [5.41, 5.74) is 27.4. The highest BCUT2D eigenvalue weighted by Gasteiger charge is 2.46. The van der Waals surface area contributed by atoms with Gasteiger partial charge in [0.05, 0.1) is 11.0 Å². The molecule has 3 nitrogen and oxygen atoms in total. The SMILES string of the molecule is CC(C)(C)c1cc(N2c3cc(-c4ccc5c(c4)c4c6c(ccc4n5-c4ccccc4)C(C)(C)c4ccccc4-6)cc4c3B(c3ccc5ccccc5c32)c2ccc3ccccc3c2N4c2cc(C(C)(C)C)cc(C(C)(C)C)c2)cc(C(C)(C)C)c1. The lowest BCUT2D eigenvalue weighted by molar-refractivity contribution is 0.568. The van der Waals surface area contributed by atoms with E-state index in [4.69, 9.17) is 0 Å². The highest BCUT2D eigenvalue weighted by molar-refractivity contribution is 7.00. The van der Waals surface area contributed by atoms with Crippen molar-refractivity contribution in [2.75, 3.05) is 9.80 Å². The van der Waals surface area contributed by atoms with Crippen LogP contribution in [0.25, 0.3) is 71.3 Å². The number of hydrogen-bond donors (Lipinski definition) is 0. The fourth-order valence-electron chi connectivity index (χ4n) is 14.8. The van der Waals surface area contributed by atoms with Crippen molar-refractivity contribution >= 4 is 101 Å². The largest absolute Gasteiger partial charge is 0.311 e. The number of rotatable bonds is 4. The highest BCUT2D eigenvalue weighted by atomic mass is 15.2. The summed E-state index contributed by atoms with van der Waals surface area (Å²) in [5.74, 6) is 0. The van der Waals surface area contributed by atoms with Crippen LogP contribution in [0.5, 0.6) is 0 Å². The molecule has 1 aromatic heterocycles. The van der Waals surface area contributed by atoms with Gasteiger partial charge in [0.15, 0.2) is 0 Å². The lowest BCUT2D eigenvalue weighted by Gasteiger charge is -2.46. The zero-order chi connectivity index (χ0) is 59.0. The number of benzene rings is 11. The molecule has 0 bridgehead atoms. The lowest BCUT2D eigenvalue weighted by Crippen LogP contribution is -2.61. The van der Waals surface area contributed by atoms with E-state index in [9.17, 15) is 0 Å². The van der Waals surface area contributed by atoms with Crippen molar-refractivity contribution in [1.82, 2.24) is 4.57 Å². The normalized spacial score (nSPS) is 14.5. The van der Waals surface area contributed by atoms with Crippen LogP contribution >= 0.6 is 0 Å². The molecule has 11 aromatic carbocycles. The van der Waals surface area contributed by atoms with Crippen LogP contribution in [0.3, 0.4) is 0 Å². The van der Waals surface area contributed by atoms with Gasteiger partial charge in [0.25, 0.3) is 6.71 Å². The summed E-state index contributed by atoms with van der Waals surface area (Å²) in [6.45, 7) is 33.1. The summed E-state index contributed by atoms with van der Waals surface area (Å²) in [5, 5.41) is 7.53. The number of anilines is 6. The van der Waals surface area contributed by atoms with Crippen LogP contribution in [-0.2, 0) is 27.1 Å². The summed E-state index contributed by atoms with van der Waals surface area (Å²) >= 11 is 0. The van der Waals surface area contributed by atoms with Gasteiger partial charge in [0, 0.05) is 66.8 Å². The van der Waals surface area contributed by atoms with Gasteiger partial charge in [0.2, 0.25) is 0 Å². The Morgan fingerprint density at radius 1 is 0.365 bits per heavy atom. The van der Waals surface area contributed by atoms with Gasteiger partial charge in [-0.05, 0) is 171 Å². The molecule has 0 N–H and O–H groups in total. The van der Waals surface area contributed by atoms with Crippen LogP contribution in [0, 0.1) is 0 Å². The van der Waals surface area contributed by atoms with Crippen LogP contribution in [0.4, 0.5) is 34.1 Å². The first-order chi connectivity index (χ1) is 40.4. The Balaban J connectivity index is 1.12. The van der Waals surface area contributed by atoms with Gasteiger partial charge in [-0.15, -0.1) is 0 Å². The van der Waals surface area contributed by atoms with E-state index in [2.05, 4.69) is 318 Å². The first-order valence-electron chi connectivity index (χ1n) is 30.9. The molecule has 4 heteroatoms. The molecule has 85 heavy (non-hydrogen) atoms. The van der Waals surface area contributed by atoms with Crippen molar-refractivity contribution in [3.63, 3.8) is 0 Å². The van der Waals surface area contributed by atoms with Crippen LogP contribution in [-0.4, -0.2) is 11.3 Å². The van der Waals surface area contributed by atoms with E-state index >= 15 is 0 Å². The van der Waals surface area contributed by atoms with Gasteiger partial charge in [-0.25, -0.2) is 0 Å². The number of hydrogen-bond acceptors (Lipinski definition) is 2. The van der Waals surface area contributed by atoms with E-state index in [1.807, 2.05) is 0 Å². The van der Waals surface area contributed by atoms with Gasteiger partial charge >= 0.3 is 0 Å². The molecule has 3 heterocycles. The average Bonchev–Trinajstić information content (AvgIpc) is 1.45. The van der Waals surface area contributed by atoms with Gasteiger partial charge < -0.3 is 14.4 Å². The van der Waals surface area contributed by atoms with Gasteiger partial charge in [-0.1, -0.05) is 236 Å². The molecular weight excluding hydrogens is 1030 g/mol. The van der Waals surface area contributed by atoms with E-state index in [-0.39, 0.29) is 33.8 Å². The van der Waals surface area contributed by atoms with E-state index in [1.54, 1.807) is 0 Å². The Hall–Kier alpha value is -8.60. The first-order valence-corrected chi connectivity index (χ1v) is 30.9. The van der Waals surface area contributed by atoms with E-state index in [1.165, 1.54) is 149 Å². The molecule has 0 fully saturated rings. The smallest absolute Gasteiger partial charge is 0.252 e. The van der Waals surface area contributed by atoms with E-state index in [0.29, 0.717) is 0 Å². The molecule has 12 aromatic rings. The Bertz CT molecular complexity index is 4540. The third kappa shape index (κ3) is 8.07. The third-order valence-electron chi connectivity index (χ3n) is 19.5.